The van der Waals surface area contributed by atoms with Gasteiger partial charge in [-0.15, -0.1) is 0 Å². The fourth-order valence-corrected chi connectivity index (χ4v) is 1.15. The lowest BCUT2D eigenvalue weighted by atomic mass is 10.2. The molecule has 1 aromatic heterocycles. The highest BCUT2D eigenvalue weighted by molar-refractivity contribution is 5.90. The molecular weight excluding hydrogens is 198 g/mol. The van der Waals surface area contributed by atoms with Gasteiger partial charge in [0.05, 0.1) is 19.6 Å². The molecule has 1 aromatic rings. The molecule has 6 nitrogen and oxygen atoms in total. The number of aromatic nitrogens is 2. The van der Waals surface area contributed by atoms with Gasteiger partial charge in [-0.25, -0.2) is 0 Å². The van der Waals surface area contributed by atoms with E-state index in [-0.39, 0.29) is 17.6 Å². The standard InChI is InChI=1S/C9H13N3O3/c1-6(9(14)15-2)5-12-4-3-7(11-12)8(10)13/h3-4,6H,5H2,1-2H3,(H2,10,13). The number of nitrogens with two attached hydrogens (primary N) is 1. The number of hydrogen-bond acceptors (Lipinski definition) is 4. The van der Waals surface area contributed by atoms with Crippen LogP contribution in [0.25, 0.3) is 0 Å². The Morgan fingerprint density at radius 1 is 1.67 bits per heavy atom. The lowest BCUT2D eigenvalue weighted by molar-refractivity contribution is -0.145. The maximum atomic E-state index is 11.1. The van der Waals surface area contributed by atoms with Crippen LogP contribution in [-0.2, 0) is 16.1 Å². The number of amides is 1. The quantitative estimate of drug-likeness (QED) is 0.698. The fourth-order valence-electron chi connectivity index (χ4n) is 1.15. The van der Waals surface area contributed by atoms with Gasteiger partial charge in [0.25, 0.3) is 5.91 Å². The number of hydrogen-bond donors (Lipinski definition) is 1. The molecule has 0 saturated heterocycles. The number of nitrogens with zero attached hydrogens (tertiary/aromatic N) is 2. The van der Waals surface area contributed by atoms with E-state index in [0.29, 0.717) is 6.54 Å². The molecule has 1 unspecified atom stereocenters. The highest BCUT2D eigenvalue weighted by atomic mass is 16.5. The van der Waals surface area contributed by atoms with Crippen LogP contribution >= 0.6 is 0 Å². The number of primary amides is 1. The molecule has 0 aliphatic heterocycles. The largest absolute Gasteiger partial charge is 0.469 e. The van der Waals surface area contributed by atoms with Crippen molar-refractivity contribution in [3.8, 4) is 0 Å². The summed E-state index contributed by atoms with van der Waals surface area (Å²) in [5.41, 5.74) is 5.22. The summed E-state index contributed by atoms with van der Waals surface area (Å²) >= 11 is 0. The molecular formula is C9H13N3O3. The van der Waals surface area contributed by atoms with Crippen LogP contribution < -0.4 is 5.73 Å². The molecule has 0 fully saturated rings. The lowest BCUT2D eigenvalue weighted by Crippen LogP contribution is -2.20. The Morgan fingerprint density at radius 2 is 2.33 bits per heavy atom. The highest BCUT2D eigenvalue weighted by Gasteiger charge is 2.14. The van der Waals surface area contributed by atoms with Crippen LogP contribution in [0.3, 0.4) is 0 Å². The molecule has 1 atom stereocenters. The van der Waals surface area contributed by atoms with Crippen LogP contribution in [0.1, 0.15) is 17.4 Å². The Balaban J connectivity index is 2.65. The molecule has 6 heteroatoms. The summed E-state index contributed by atoms with van der Waals surface area (Å²) in [7, 11) is 1.33. The summed E-state index contributed by atoms with van der Waals surface area (Å²) in [6, 6.07) is 1.51. The van der Waals surface area contributed by atoms with Crippen LogP contribution in [0.2, 0.25) is 0 Å². The maximum absolute atomic E-state index is 11.1. The van der Waals surface area contributed by atoms with Crippen LogP contribution in [0.5, 0.6) is 0 Å². The average Bonchev–Trinajstić information content (AvgIpc) is 2.65. The van der Waals surface area contributed by atoms with Gasteiger partial charge in [-0.05, 0) is 6.07 Å². The predicted octanol–water partition coefficient (Wildman–Crippen LogP) is -0.209. The number of carbonyl (C=O) groups excluding carboxylic acids is 2. The van der Waals surface area contributed by atoms with Gasteiger partial charge >= 0.3 is 5.97 Å². The highest BCUT2D eigenvalue weighted by Crippen LogP contribution is 2.03. The van der Waals surface area contributed by atoms with Gasteiger partial charge in [0.15, 0.2) is 0 Å². The monoisotopic (exact) mass is 211 g/mol. The Labute approximate surface area is 87.0 Å². The molecule has 82 valence electrons. The summed E-state index contributed by atoms with van der Waals surface area (Å²) in [6.45, 7) is 2.08. The van der Waals surface area contributed by atoms with Crippen LogP contribution in [0.15, 0.2) is 12.3 Å². The molecule has 0 radical (unpaired) electrons. The zero-order chi connectivity index (χ0) is 11.4. The van der Waals surface area contributed by atoms with Crippen molar-refractivity contribution in [2.24, 2.45) is 11.7 Å². The average molecular weight is 211 g/mol. The first-order chi connectivity index (χ1) is 7.04. The smallest absolute Gasteiger partial charge is 0.310 e. The van der Waals surface area contributed by atoms with Gasteiger partial charge in [-0.3, -0.25) is 14.3 Å². The van der Waals surface area contributed by atoms with E-state index in [0.717, 1.165) is 0 Å². The second-order valence-electron chi connectivity index (χ2n) is 3.21. The minimum Gasteiger partial charge on any atom is -0.469 e. The topological polar surface area (TPSA) is 87.2 Å². The molecule has 2 N–H and O–H groups in total. The normalized spacial score (nSPS) is 12.1. The summed E-state index contributed by atoms with van der Waals surface area (Å²) in [4.78, 5) is 21.8. The van der Waals surface area contributed by atoms with Gasteiger partial charge in [0.1, 0.15) is 5.69 Å². The van der Waals surface area contributed by atoms with E-state index in [2.05, 4.69) is 9.84 Å². The molecule has 0 bridgehead atoms. The number of ether oxygens (including phenoxy) is 1. The predicted molar refractivity (Wildman–Crippen MR) is 51.9 cm³/mol. The van der Waals surface area contributed by atoms with Crippen molar-refractivity contribution in [2.45, 2.75) is 13.5 Å². The third-order valence-corrected chi connectivity index (χ3v) is 1.96. The molecule has 0 aliphatic carbocycles. The summed E-state index contributed by atoms with van der Waals surface area (Å²) in [5, 5.41) is 3.90. The first kappa shape index (κ1) is 11.2. The first-order valence-corrected chi connectivity index (χ1v) is 4.45. The SMILES string of the molecule is COC(=O)C(C)Cn1ccc(C(N)=O)n1. The van der Waals surface area contributed by atoms with Crippen LogP contribution in [0, 0.1) is 5.92 Å². The number of rotatable bonds is 4. The van der Waals surface area contributed by atoms with E-state index in [1.54, 1.807) is 13.1 Å². The zero-order valence-corrected chi connectivity index (χ0v) is 8.64. The molecule has 15 heavy (non-hydrogen) atoms. The fraction of sp³-hybridized carbons (Fsp3) is 0.444. The number of methoxy groups -OCH3 is 1. The third-order valence-electron chi connectivity index (χ3n) is 1.96. The molecule has 0 aliphatic rings. The van der Waals surface area contributed by atoms with Gasteiger partial charge in [0, 0.05) is 6.20 Å². The second kappa shape index (κ2) is 4.59. The zero-order valence-electron chi connectivity index (χ0n) is 8.64. The van der Waals surface area contributed by atoms with E-state index >= 15 is 0 Å². The molecule has 1 amide bonds. The van der Waals surface area contributed by atoms with Crippen molar-refractivity contribution in [3.05, 3.63) is 18.0 Å². The molecule has 1 heterocycles. The van der Waals surface area contributed by atoms with E-state index in [9.17, 15) is 9.59 Å². The van der Waals surface area contributed by atoms with Crippen molar-refractivity contribution in [1.82, 2.24) is 9.78 Å². The van der Waals surface area contributed by atoms with Gasteiger partial charge < -0.3 is 10.5 Å². The Kier molecular flexibility index (Phi) is 3.43. The minimum absolute atomic E-state index is 0.187. The maximum Gasteiger partial charge on any atom is 0.310 e. The van der Waals surface area contributed by atoms with Crippen LogP contribution in [-0.4, -0.2) is 28.8 Å². The van der Waals surface area contributed by atoms with E-state index < -0.39 is 5.91 Å². The van der Waals surface area contributed by atoms with E-state index in [1.165, 1.54) is 17.9 Å². The van der Waals surface area contributed by atoms with Crippen LogP contribution in [0.4, 0.5) is 0 Å². The molecule has 0 aromatic carbocycles. The van der Waals surface area contributed by atoms with Gasteiger partial charge in [-0.1, -0.05) is 6.92 Å². The molecule has 1 rings (SSSR count). The molecule has 0 spiro atoms. The number of esters is 1. The van der Waals surface area contributed by atoms with Crippen molar-refractivity contribution in [3.63, 3.8) is 0 Å². The van der Waals surface area contributed by atoms with Crippen molar-refractivity contribution in [1.29, 1.82) is 0 Å². The van der Waals surface area contributed by atoms with Crippen molar-refractivity contribution in [2.75, 3.05) is 7.11 Å². The Bertz CT molecular complexity index is 372. The Morgan fingerprint density at radius 3 is 2.80 bits per heavy atom. The Hall–Kier alpha value is -1.85. The summed E-state index contributed by atoms with van der Waals surface area (Å²) < 4.78 is 6.05. The van der Waals surface area contributed by atoms with Gasteiger partial charge in [0.2, 0.25) is 0 Å². The molecule has 0 saturated carbocycles. The van der Waals surface area contributed by atoms with E-state index in [4.69, 9.17) is 5.73 Å². The first-order valence-electron chi connectivity index (χ1n) is 4.45. The van der Waals surface area contributed by atoms with Crippen molar-refractivity contribution >= 4 is 11.9 Å². The minimum atomic E-state index is -0.584. The lowest BCUT2D eigenvalue weighted by Gasteiger charge is -2.08. The van der Waals surface area contributed by atoms with Crippen molar-refractivity contribution < 1.29 is 14.3 Å². The second-order valence-corrected chi connectivity index (χ2v) is 3.21. The van der Waals surface area contributed by atoms with E-state index in [1.807, 2.05) is 0 Å². The third kappa shape index (κ3) is 2.80. The summed E-state index contributed by atoms with van der Waals surface area (Å²) in [6.07, 6.45) is 1.60. The van der Waals surface area contributed by atoms with Gasteiger partial charge in [-0.2, -0.15) is 5.10 Å². The number of carbonyl (C=O) groups is 2. The summed E-state index contributed by atoms with van der Waals surface area (Å²) in [5.74, 6) is -1.21.